The Balaban J connectivity index is 7.65. The van der Waals surface area contributed by atoms with E-state index >= 15 is 0 Å². The molecule has 16 heteroatoms. The maximum Gasteiger partial charge on any atom is 0.242 e. The number of aliphatic hydroxyl groups is 5. The highest BCUT2D eigenvalue weighted by Gasteiger charge is 2.77. The van der Waals surface area contributed by atoms with Crippen LogP contribution in [-0.2, 0) is 28.8 Å². The lowest BCUT2D eigenvalue weighted by molar-refractivity contribution is -0.226. The molecule has 0 aliphatic carbocycles. The first-order chi connectivity index (χ1) is 14.6. The lowest BCUT2D eigenvalue weighted by Crippen LogP contribution is -2.83. The Bertz CT molecular complexity index is 805. The molecule has 0 bridgehead atoms. The number of rotatable bonds is 15. The smallest absolute Gasteiger partial charge is 0.242 e. The first-order valence-corrected chi connectivity index (χ1v) is 10.9. The van der Waals surface area contributed by atoms with Gasteiger partial charge in [-0.1, -0.05) is 0 Å². The number of alkyl halides is 5. The van der Waals surface area contributed by atoms with E-state index in [2.05, 4.69) is 0 Å². The zero-order chi connectivity index (χ0) is 25.7. The van der Waals surface area contributed by atoms with Crippen molar-refractivity contribution in [1.29, 1.82) is 0 Å². The SMILES string of the molecule is O=C(CCl)C(=O)[C@@](O)(C(=O)CCl)[C@](O)(C(=O)CCl)[C@@](O)(C(=O)CCl)C(=O)C(O)C(O)CCl. The van der Waals surface area contributed by atoms with Crippen LogP contribution in [0.25, 0.3) is 0 Å². The number of ketones is 6. The molecule has 0 saturated heterocycles. The van der Waals surface area contributed by atoms with Gasteiger partial charge in [-0.05, 0) is 0 Å². The van der Waals surface area contributed by atoms with E-state index in [0.717, 1.165) is 0 Å². The van der Waals surface area contributed by atoms with Crippen LogP contribution in [0.4, 0.5) is 0 Å². The lowest BCUT2D eigenvalue weighted by atomic mass is 9.61. The third-order valence-corrected chi connectivity index (χ3v) is 5.76. The number of halogens is 5. The molecule has 182 valence electrons. The summed E-state index contributed by atoms with van der Waals surface area (Å²) in [6, 6.07) is 0. The van der Waals surface area contributed by atoms with E-state index in [-0.39, 0.29) is 0 Å². The highest BCUT2D eigenvalue weighted by atomic mass is 35.5. The molecule has 0 rings (SSSR count). The van der Waals surface area contributed by atoms with Gasteiger partial charge in [-0.3, -0.25) is 28.8 Å². The second-order valence-electron chi connectivity index (χ2n) is 6.22. The van der Waals surface area contributed by atoms with Crippen molar-refractivity contribution in [3.63, 3.8) is 0 Å². The second-order valence-corrected chi connectivity index (χ2v) is 7.60. The van der Waals surface area contributed by atoms with Crippen molar-refractivity contribution < 1.29 is 54.3 Å². The number of carbonyl (C=O) groups is 6. The quantitative estimate of drug-likeness (QED) is 0.0802. The van der Waals surface area contributed by atoms with Gasteiger partial charge in [0.15, 0.2) is 17.3 Å². The van der Waals surface area contributed by atoms with Crippen molar-refractivity contribution >= 4 is 92.7 Å². The number of Topliss-reactive ketones (excluding diaryl/α,β-unsaturated/α-hetero) is 6. The van der Waals surface area contributed by atoms with E-state index in [1.54, 1.807) is 0 Å². The molecule has 0 aromatic carbocycles. The minimum absolute atomic E-state index is 0.894. The fraction of sp³-hybridized carbons (Fsp3) is 0.625. The van der Waals surface area contributed by atoms with E-state index < -0.39 is 93.1 Å². The summed E-state index contributed by atoms with van der Waals surface area (Å²) < 4.78 is 0. The van der Waals surface area contributed by atoms with E-state index in [4.69, 9.17) is 58.0 Å². The highest BCUT2D eigenvalue weighted by molar-refractivity contribution is 6.54. The monoisotopic (exact) mass is 560 g/mol. The van der Waals surface area contributed by atoms with Crippen molar-refractivity contribution in [2.45, 2.75) is 29.0 Å². The number of aliphatic hydroxyl groups excluding tert-OH is 2. The highest BCUT2D eigenvalue weighted by Crippen LogP contribution is 2.40. The Morgan fingerprint density at radius 2 is 1.06 bits per heavy atom. The molecule has 0 aromatic rings. The average Bonchev–Trinajstić information content (AvgIpc) is 2.82. The molecular weight excluding hydrogens is 545 g/mol. The molecule has 2 unspecified atom stereocenters. The fourth-order valence-electron chi connectivity index (χ4n) is 2.70. The summed E-state index contributed by atoms with van der Waals surface area (Å²) in [6.45, 7) is 0. The number of carbonyl (C=O) groups excluding carboxylic acids is 6. The molecule has 0 amide bonds. The van der Waals surface area contributed by atoms with Gasteiger partial charge in [0.05, 0.1) is 29.4 Å². The van der Waals surface area contributed by atoms with Crippen LogP contribution in [0.15, 0.2) is 0 Å². The molecule has 32 heavy (non-hydrogen) atoms. The summed E-state index contributed by atoms with van der Waals surface area (Å²) in [4.78, 5) is 74.9. The Morgan fingerprint density at radius 3 is 1.41 bits per heavy atom. The minimum atomic E-state index is -4.57. The topological polar surface area (TPSA) is 204 Å². The molecule has 0 radical (unpaired) electrons. The van der Waals surface area contributed by atoms with Crippen molar-refractivity contribution in [1.82, 2.24) is 0 Å². The van der Waals surface area contributed by atoms with Gasteiger partial charge in [-0.2, -0.15) is 0 Å². The molecule has 5 N–H and O–H groups in total. The van der Waals surface area contributed by atoms with Crippen molar-refractivity contribution in [2.75, 3.05) is 29.4 Å². The van der Waals surface area contributed by atoms with Crippen LogP contribution in [0.5, 0.6) is 0 Å². The lowest BCUT2D eigenvalue weighted by Gasteiger charge is -2.47. The molecule has 0 saturated carbocycles. The van der Waals surface area contributed by atoms with Gasteiger partial charge in [-0.25, -0.2) is 0 Å². The first kappa shape index (κ1) is 31.3. The fourth-order valence-corrected chi connectivity index (χ4v) is 3.57. The summed E-state index contributed by atoms with van der Waals surface area (Å²) in [6.07, 6.45) is -5.07. The Kier molecular flexibility index (Phi) is 11.8. The molecule has 0 aromatic heterocycles. The first-order valence-electron chi connectivity index (χ1n) is 8.19. The van der Waals surface area contributed by atoms with Crippen LogP contribution in [0.3, 0.4) is 0 Å². The number of hydrogen-bond acceptors (Lipinski definition) is 11. The molecule has 0 spiro atoms. The minimum Gasteiger partial charge on any atom is -0.389 e. The predicted molar refractivity (Wildman–Crippen MR) is 111 cm³/mol. The van der Waals surface area contributed by atoms with Crippen molar-refractivity contribution in [3.8, 4) is 0 Å². The average molecular weight is 563 g/mol. The maximum absolute atomic E-state index is 12.8. The second kappa shape index (κ2) is 12.1. The van der Waals surface area contributed by atoms with Crippen LogP contribution in [0.2, 0.25) is 0 Å². The van der Waals surface area contributed by atoms with Gasteiger partial charge < -0.3 is 25.5 Å². The summed E-state index contributed by atoms with van der Waals surface area (Å²) in [5.74, 6) is -19.1. The zero-order valence-electron chi connectivity index (χ0n) is 15.8. The van der Waals surface area contributed by atoms with Gasteiger partial charge in [0.2, 0.25) is 34.2 Å². The van der Waals surface area contributed by atoms with Gasteiger partial charge in [0, 0.05) is 0 Å². The summed E-state index contributed by atoms with van der Waals surface area (Å²) in [5.41, 5.74) is -13.4. The Morgan fingerprint density at radius 1 is 0.656 bits per heavy atom. The van der Waals surface area contributed by atoms with Crippen LogP contribution >= 0.6 is 58.0 Å². The molecule has 0 aliphatic rings. The van der Waals surface area contributed by atoms with Gasteiger partial charge in [0.25, 0.3) is 0 Å². The van der Waals surface area contributed by atoms with Gasteiger partial charge in [0.1, 0.15) is 12.2 Å². The number of hydrogen-bond donors (Lipinski definition) is 5. The third-order valence-electron chi connectivity index (χ3n) is 4.47. The predicted octanol–water partition coefficient (Wildman–Crippen LogP) is -2.49. The largest absolute Gasteiger partial charge is 0.389 e. The zero-order valence-corrected chi connectivity index (χ0v) is 19.5. The summed E-state index contributed by atoms with van der Waals surface area (Å²) in [5, 5.41) is 52.7. The van der Waals surface area contributed by atoms with Crippen molar-refractivity contribution in [2.24, 2.45) is 0 Å². The molecular formula is C16H17Cl5O11. The summed E-state index contributed by atoms with van der Waals surface area (Å²) >= 11 is 26.5. The molecule has 0 aliphatic heterocycles. The normalized spacial score (nSPS) is 18.9. The molecule has 11 nitrogen and oxygen atoms in total. The molecule has 0 heterocycles. The van der Waals surface area contributed by atoms with E-state index in [9.17, 15) is 54.3 Å². The molecule has 0 fully saturated rings. The van der Waals surface area contributed by atoms with Crippen LogP contribution < -0.4 is 0 Å². The molecule has 5 atom stereocenters. The maximum atomic E-state index is 12.8. The Labute approximate surface area is 205 Å². The van der Waals surface area contributed by atoms with Gasteiger partial charge in [-0.15, -0.1) is 58.0 Å². The van der Waals surface area contributed by atoms with Crippen LogP contribution in [-0.4, -0.2) is 119 Å². The van der Waals surface area contributed by atoms with E-state index in [1.165, 1.54) is 0 Å². The van der Waals surface area contributed by atoms with E-state index in [1.807, 2.05) is 0 Å². The third kappa shape index (κ3) is 4.88. The summed E-state index contributed by atoms with van der Waals surface area (Å²) in [7, 11) is 0. The van der Waals surface area contributed by atoms with Crippen LogP contribution in [0, 0.1) is 0 Å². The standard InChI is InChI=1S/C16H17Cl5O11/c17-1-6(22)11(27)13(29)15(31,9(25)4-20)16(32,10(26)5-21)14(30,8(24)3-19)12(28)7(23)2-18/h6,11,22,27,30-32H,1-5H2/t6?,11?,14-,15+,16+/m0/s1. The van der Waals surface area contributed by atoms with Gasteiger partial charge >= 0.3 is 0 Å². The Hall–Kier alpha value is -0.730. The van der Waals surface area contributed by atoms with Crippen LogP contribution in [0.1, 0.15) is 0 Å². The van der Waals surface area contributed by atoms with Crippen molar-refractivity contribution in [3.05, 3.63) is 0 Å². The van der Waals surface area contributed by atoms with E-state index in [0.29, 0.717) is 0 Å².